The van der Waals surface area contributed by atoms with Gasteiger partial charge in [0.2, 0.25) is 5.91 Å². The number of nitrogens with one attached hydrogen (secondary N) is 3. The third-order valence-corrected chi connectivity index (χ3v) is 3.33. The van der Waals surface area contributed by atoms with Crippen LogP contribution in [0.1, 0.15) is 33.4 Å². The van der Waals surface area contributed by atoms with Gasteiger partial charge >= 0.3 is 0 Å². The molecular weight excluding hydrogens is 316 g/mol. The Kier molecular flexibility index (Phi) is 6.38. The summed E-state index contributed by atoms with van der Waals surface area (Å²) < 4.78 is 2.01. The number of carbonyl (C=O) groups excluding carboxylic acids is 1. The van der Waals surface area contributed by atoms with Crippen molar-refractivity contribution in [2.45, 2.75) is 39.7 Å². The number of pyridine rings is 1. The van der Waals surface area contributed by atoms with E-state index in [-0.39, 0.29) is 18.0 Å². The zero-order valence-electron chi connectivity index (χ0n) is 15.5. The molecule has 7 nitrogen and oxygen atoms in total. The second-order valence-electron chi connectivity index (χ2n) is 6.87. The first-order valence-electron chi connectivity index (χ1n) is 8.63. The molecule has 0 aliphatic heterocycles. The summed E-state index contributed by atoms with van der Waals surface area (Å²) in [5.41, 5.74) is 1.71. The van der Waals surface area contributed by atoms with Crippen LogP contribution in [-0.2, 0) is 11.2 Å². The highest BCUT2D eigenvalue weighted by atomic mass is 16.2. The lowest BCUT2D eigenvalue weighted by molar-refractivity contribution is -0.121. The van der Waals surface area contributed by atoms with Gasteiger partial charge in [-0.2, -0.15) is 0 Å². The van der Waals surface area contributed by atoms with Crippen molar-refractivity contribution >= 4 is 17.5 Å². The van der Waals surface area contributed by atoms with Gasteiger partial charge in [-0.15, -0.1) is 0 Å². The molecule has 0 unspecified atom stereocenters. The maximum Gasteiger partial charge on any atom is 0.242 e. The van der Waals surface area contributed by atoms with E-state index in [1.54, 1.807) is 0 Å². The second-order valence-corrected chi connectivity index (χ2v) is 6.87. The van der Waals surface area contributed by atoms with Crippen LogP contribution in [0.4, 0.5) is 0 Å². The van der Waals surface area contributed by atoms with Gasteiger partial charge in [-0.1, -0.05) is 6.07 Å². The molecule has 0 saturated carbocycles. The van der Waals surface area contributed by atoms with Gasteiger partial charge in [0.15, 0.2) is 5.96 Å². The Morgan fingerprint density at radius 3 is 2.76 bits per heavy atom. The van der Waals surface area contributed by atoms with Crippen LogP contribution in [0.5, 0.6) is 0 Å². The van der Waals surface area contributed by atoms with E-state index in [1.165, 1.54) is 0 Å². The van der Waals surface area contributed by atoms with Crippen molar-refractivity contribution in [3.05, 3.63) is 36.3 Å². The molecule has 0 radical (unpaired) electrons. The number of hydrogen-bond acceptors (Lipinski definition) is 3. The van der Waals surface area contributed by atoms with E-state index in [1.807, 2.05) is 62.7 Å². The Hall–Kier alpha value is -2.57. The van der Waals surface area contributed by atoms with E-state index in [0.29, 0.717) is 12.5 Å². The number of hydrogen-bond donors (Lipinski definition) is 3. The van der Waals surface area contributed by atoms with Gasteiger partial charge in [0.25, 0.3) is 0 Å². The van der Waals surface area contributed by atoms with Crippen molar-refractivity contribution in [1.29, 1.82) is 0 Å². The standard InChI is InChI=1S/C18H28N6O/c1-5-19-17(21-12-16(25)23-18(2,3)4)20-10-9-14-13-24-11-7-6-8-15(24)22-14/h6-8,11,13H,5,9-10,12H2,1-4H3,(H,23,25)(H2,19,20,21). The van der Waals surface area contributed by atoms with Crippen LogP contribution in [0.15, 0.2) is 35.6 Å². The van der Waals surface area contributed by atoms with Crippen LogP contribution in [0.25, 0.3) is 5.65 Å². The Bertz CT molecular complexity index is 695. The van der Waals surface area contributed by atoms with Gasteiger partial charge in [0.1, 0.15) is 12.2 Å². The van der Waals surface area contributed by atoms with Crippen LogP contribution in [0.3, 0.4) is 0 Å². The van der Waals surface area contributed by atoms with Crippen LogP contribution < -0.4 is 16.0 Å². The Labute approximate surface area is 148 Å². The van der Waals surface area contributed by atoms with Crippen LogP contribution in [0.2, 0.25) is 0 Å². The maximum absolute atomic E-state index is 11.9. The van der Waals surface area contributed by atoms with Crippen molar-refractivity contribution in [3.63, 3.8) is 0 Å². The largest absolute Gasteiger partial charge is 0.357 e. The highest BCUT2D eigenvalue weighted by Gasteiger charge is 2.13. The molecule has 2 heterocycles. The second kappa shape index (κ2) is 8.50. The topological polar surface area (TPSA) is 82.8 Å². The summed E-state index contributed by atoms with van der Waals surface area (Å²) in [7, 11) is 0. The molecule has 0 spiro atoms. The smallest absolute Gasteiger partial charge is 0.242 e. The number of aliphatic imine (C=N–C) groups is 1. The molecule has 0 aromatic carbocycles. The van der Waals surface area contributed by atoms with Crippen LogP contribution in [-0.4, -0.2) is 46.4 Å². The molecule has 136 valence electrons. The zero-order valence-corrected chi connectivity index (χ0v) is 15.5. The van der Waals surface area contributed by atoms with Crippen molar-refractivity contribution in [2.24, 2.45) is 4.99 Å². The van der Waals surface area contributed by atoms with Gasteiger partial charge < -0.3 is 20.4 Å². The number of carbonyl (C=O) groups is 1. The molecule has 2 rings (SSSR count). The Balaban J connectivity index is 1.86. The maximum atomic E-state index is 11.9. The number of imidazole rings is 1. The van der Waals surface area contributed by atoms with Crippen molar-refractivity contribution in [1.82, 2.24) is 25.3 Å². The summed E-state index contributed by atoms with van der Waals surface area (Å²) in [6.45, 7) is 9.37. The average molecular weight is 344 g/mol. The molecule has 1 amide bonds. The third-order valence-electron chi connectivity index (χ3n) is 3.33. The third kappa shape index (κ3) is 6.45. The summed E-state index contributed by atoms with van der Waals surface area (Å²) in [6.07, 6.45) is 4.79. The zero-order chi connectivity index (χ0) is 18.3. The molecule has 0 fully saturated rings. The molecule has 25 heavy (non-hydrogen) atoms. The van der Waals surface area contributed by atoms with Crippen molar-refractivity contribution in [3.8, 4) is 0 Å². The van der Waals surface area contributed by atoms with Gasteiger partial charge in [-0.05, 0) is 39.8 Å². The van der Waals surface area contributed by atoms with E-state index in [2.05, 4.69) is 25.9 Å². The first-order valence-corrected chi connectivity index (χ1v) is 8.63. The lowest BCUT2D eigenvalue weighted by Gasteiger charge is -2.20. The summed E-state index contributed by atoms with van der Waals surface area (Å²) in [5.74, 6) is 0.542. The highest BCUT2D eigenvalue weighted by molar-refractivity contribution is 5.85. The lowest BCUT2D eigenvalue weighted by atomic mass is 10.1. The molecular formula is C18H28N6O. The fraction of sp³-hybridized carbons (Fsp3) is 0.500. The fourth-order valence-corrected chi connectivity index (χ4v) is 2.37. The molecule has 2 aromatic heterocycles. The average Bonchev–Trinajstić information content (AvgIpc) is 2.93. The minimum atomic E-state index is -0.249. The van der Waals surface area contributed by atoms with Crippen molar-refractivity contribution < 1.29 is 4.79 Å². The monoisotopic (exact) mass is 344 g/mol. The molecule has 2 aromatic rings. The molecule has 3 N–H and O–H groups in total. The van der Waals surface area contributed by atoms with Gasteiger partial charge in [0, 0.05) is 37.4 Å². The first kappa shape index (κ1) is 18.8. The van der Waals surface area contributed by atoms with E-state index in [0.717, 1.165) is 24.3 Å². The molecule has 0 aliphatic rings. The number of rotatable bonds is 6. The van der Waals surface area contributed by atoms with E-state index in [4.69, 9.17) is 0 Å². The SMILES string of the molecule is CCNC(=NCC(=O)NC(C)(C)C)NCCc1cn2ccccc2n1. The van der Waals surface area contributed by atoms with Gasteiger partial charge in [0.05, 0.1) is 5.69 Å². The Morgan fingerprint density at radius 2 is 2.08 bits per heavy atom. The molecule has 0 bridgehead atoms. The van der Waals surface area contributed by atoms with E-state index < -0.39 is 0 Å². The predicted molar refractivity (Wildman–Crippen MR) is 101 cm³/mol. The normalized spacial score (nSPS) is 12.2. The fourth-order valence-electron chi connectivity index (χ4n) is 2.37. The van der Waals surface area contributed by atoms with E-state index >= 15 is 0 Å². The molecule has 0 atom stereocenters. The molecule has 7 heteroatoms. The summed E-state index contributed by atoms with van der Waals surface area (Å²) >= 11 is 0. The van der Waals surface area contributed by atoms with E-state index in [9.17, 15) is 4.79 Å². The van der Waals surface area contributed by atoms with Crippen molar-refractivity contribution in [2.75, 3.05) is 19.6 Å². The highest BCUT2D eigenvalue weighted by Crippen LogP contribution is 2.04. The molecule has 0 saturated heterocycles. The summed E-state index contributed by atoms with van der Waals surface area (Å²) in [5, 5.41) is 9.29. The quantitative estimate of drug-likeness (QED) is 0.546. The van der Waals surface area contributed by atoms with Crippen LogP contribution in [0, 0.1) is 0 Å². The number of aromatic nitrogens is 2. The number of fused-ring (bicyclic) bond motifs is 1. The number of guanidine groups is 1. The predicted octanol–water partition coefficient (Wildman–Crippen LogP) is 1.35. The van der Waals surface area contributed by atoms with Gasteiger partial charge in [-0.25, -0.2) is 9.98 Å². The summed E-state index contributed by atoms with van der Waals surface area (Å²) in [4.78, 5) is 20.8. The lowest BCUT2D eigenvalue weighted by Crippen LogP contribution is -2.43. The summed E-state index contributed by atoms with van der Waals surface area (Å²) in [6, 6.07) is 5.94. The van der Waals surface area contributed by atoms with Crippen LogP contribution >= 0.6 is 0 Å². The first-order chi connectivity index (χ1) is 11.9. The minimum absolute atomic E-state index is 0.0925. The number of nitrogens with zero attached hydrogens (tertiary/aromatic N) is 3. The Morgan fingerprint density at radius 1 is 1.28 bits per heavy atom. The molecule has 0 aliphatic carbocycles. The van der Waals surface area contributed by atoms with Gasteiger partial charge in [-0.3, -0.25) is 4.79 Å². The number of amides is 1. The minimum Gasteiger partial charge on any atom is -0.357 e.